The standard InChI is InChI=1S/C14H20O3/c1-14(10-12(15)7-8-17-14)9-11-5-3-4-6-13(11)16-2/h3-6,12,15H,7-10H2,1-2H3. The molecule has 2 rings (SSSR count). The Bertz CT molecular complexity index is 377. The van der Waals surface area contributed by atoms with E-state index >= 15 is 0 Å². The number of hydrogen-bond donors (Lipinski definition) is 1. The Balaban J connectivity index is 2.13. The lowest BCUT2D eigenvalue weighted by Gasteiger charge is -2.36. The predicted molar refractivity (Wildman–Crippen MR) is 66.3 cm³/mol. The molecule has 0 saturated carbocycles. The topological polar surface area (TPSA) is 38.7 Å². The smallest absolute Gasteiger partial charge is 0.122 e. The van der Waals surface area contributed by atoms with Gasteiger partial charge in [0.1, 0.15) is 5.75 Å². The minimum absolute atomic E-state index is 0.247. The fourth-order valence-corrected chi connectivity index (χ4v) is 2.48. The average Bonchev–Trinajstić information content (AvgIpc) is 2.29. The fourth-order valence-electron chi connectivity index (χ4n) is 2.48. The van der Waals surface area contributed by atoms with Crippen molar-refractivity contribution in [3.8, 4) is 5.75 Å². The summed E-state index contributed by atoms with van der Waals surface area (Å²) >= 11 is 0. The van der Waals surface area contributed by atoms with Crippen molar-refractivity contribution in [3.05, 3.63) is 29.8 Å². The fraction of sp³-hybridized carbons (Fsp3) is 0.571. The molecule has 17 heavy (non-hydrogen) atoms. The number of para-hydroxylation sites is 1. The summed E-state index contributed by atoms with van der Waals surface area (Å²) < 4.78 is 11.2. The molecule has 1 saturated heterocycles. The van der Waals surface area contributed by atoms with Gasteiger partial charge in [0.2, 0.25) is 0 Å². The van der Waals surface area contributed by atoms with Gasteiger partial charge >= 0.3 is 0 Å². The first-order valence-corrected chi connectivity index (χ1v) is 6.07. The van der Waals surface area contributed by atoms with E-state index in [2.05, 4.69) is 13.0 Å². The van der Waals surface area contributed by atoms with Crippen molar-refractivity contribution in [2.24, 2.45) is 0 Å². The SMILES string of the molecule is COc1ccccc1CC1(C)CC(O)CCO1. The highest BCUT2D eigenvalue weighted by atomic mass is 16.5. The van der Waals surface area contributed by atoms with Crippen molar-refractivity contribution >= 4 is 0 Å². The third kappa shape index (κ3) is 2.99. The maximum atomic E-state index is 9.74. The second-order valence-corrected chi connectivity index (χ2v) is 4.93. The number of methoxy groups -OCH3 is 1. The lowest BCUT2D eigenvalue weighted by atomic mass is 9.87. The molecule has 0 radical (unpaired) electrons. The van der Waals surface area contributed by atoms with E-state index in [0.29, 0.717) is 13.0 Å². The number of ether oxygens (including phenoxy) is 2. The van der Waals surface area contributed by atoms with Crippen LogP contribution in [0.25, 0.3) is 0 Å². The van der Waals surface area contributed by atoms with Gasteiger partial charge in [-0.3, -0.25) is 0 Å². The highest BCUT2D eigenvalue weighted by Gasteiger charge is 2.33. The molecule has 0 aliphatic carbocycles. The van der Waals surface area contributed by atoms with Gasteiger partial charge < -0.3 is 14.6 Å². The molecule has 0 spiro atoms. The molecule has 2 unspecified atom stereocenters. The van der Waals surface area contributed by atoms with Crippen LogP contribution in [0.5, 0.6) is 5.75 Å². The van der Waals surface area contributed by atoms with Crippen molar-refractivity contribution in [1.82, 2.24) is 0 Å². The molecule has 1 aliphatic rings. The monoisotopic (exact) mass is 236 g/mol. The van der Waals surface area contributed by atoms with Crippen molar-refractivity contribution in [2.75, 3.05) is 13.7 Å². The zero-order valence-corrected chi connectivity index (χ0v) is 10.5. The van der Waals surface area contributed by atoms with Crippen LogP contribution in [-0.4, -0.2) is 30.5 Å². The summed E-state index contributed by atoms with van der Waals surface area (Å²) in [6, 6.07) is 7.97. The number of benzene rings is 1. The van der Waals surface area contributed by atoms with Crippen molar-refractivity contribution in [2.45, 2.75) is 37.9 Å². The molecule has 1 aliphatic heterocycles. The van der Waals surface area contributed by atoms with Crippen molar-refractivity contribution in [3.63, 3.8) is 0 Å². The van der Waals surface area contributed by atoms with E-state index < -0.39 is 0 Å². The summed E-state index contributed by atoms with van der Waals surface area (Å²) in [4.78, 5) is 0. The summed E-state index contributed by atoms with van der Waals surface area (Å²) in [6.07, 6.45) is 1.95. The van der Waals surface area contributed by atoms with E-state index in [-0.39, 0.29) is 11.7 Å². The molecular formula is C14H20O3. The Hall–Kier alpha value is -1.06. The number of rotatable bonds is 3. The first-order valence-electron chi connectivity index (χ1n) is 6.07. The largest absolute Gasteiger partial charge is 0.496 e. The van der Waals surface area contributed by atoms with Crippen LogP contribution in [0.3, 0.4) is 0 Å². The van der Waals surface area contributed by atoms with Crippen LogP contribution in [-0.2, 0) is 11.2 Å². The zero-order chi connectivity index (χ0) is 12.3. The van der Waals surface area contributed by atoms with Crippen LogP contribution in [0.1, 0.15) is 25.3 Å². The minimum atomic E-state index is -0.285. The average molecular weight is 236 g/mol. The van der Waals surface area contributed by atoms with Crippen LogP contribution in [0.2, 0.25) is 0 Å². The van der Waals surface area contributed by atoms with Gasteiger partial charge in [0.05, 0.1) is 18.8 Å². The Morgan fingerprint density at radius 2 is 2.24 bits per heavy atom. The van der Waals surface area contributed by atoms with E-state index in [1.807, 2.05) is 18.2 Å². The van der Waals surface area contributed by atoms with E-state index in [1.165, 1.54) is 0 Å². The van der Waals surface area contributed by atoms with Crippen LogP contribution in [0.4, 0.5) is 0 Å². The normalized spacial score (nSPS) is 29.0. The third-order valence-corrected chi connectivity index (χ3v) is 3.33. The second-order valence-electron chi connectivity index (χ2n) is 4.93. The first-order chi connectivity index (χ1) is 8.13. The lowest BCUT2D eigenvalue weighted by molar-refractivity contribution is -0.107. The van der Waals surface area contributed by atoms with E-state index in [9.17, 15) is 5.11 Å². The van der Waals surface area contributed by atoms with Crippen LogP contribution in [0.15, 0.2) is 24.3 Å². The molecule has 2 atom stereocenters. The lowest BCUT2D eigenvalue weighted by Crippen LogP contribution is -2.41. The molecule has 0 aromatic heterocycles. The maximum Gasteiger partial charge on any atom is 0.122 e. The van der Waals surface area contributed by atoms with Crippen LogP contribution in [0, 0.1) is 0 Å². The molecule has 3 nitrogen and oxygen atoms in total. The molecule has 3 heteroatoms. The van der Waals surface area contributed by atoms with Gasteiger partial charge in [-0.2, -0.15) is 0 Å². The Labute approximate surface area is 102 Å². The molecule has 0 amide bonds. The van der Waals surface area contributed by atoms with Gasteiger partial charge in [0.15, 0.2) is 0 Å². The molecule has 1 fully saturated rings. The second kappa shape index (κ2) is 5.07. The van der Waals surface area contributed by atoms with Gasteiger partial charge in [-0.05, 0) is 25.0 Å². The first kappa shape index (κ1) is 12.4. The Morgan fingerprint density at radius 1 is 1.47 bits per heavy atom. The van der Waals surface area contributed by atoms with Crippen LogP contribution < -0.4 is 4.74 Å². The van der Waals surface area contributed by atoms with Gasteiger partial charge in [-0.25, -0.2) is 0 Å². The van der Waals surface area contributed by atoms with Gasteiger partial charge in [-0.1, -0.05) is 18.2 Å². The summed E-state index contributed by atoms with van der Waals surface area (Å²) in [5.74, 6) is 0.886. The third-order valence-electron chi connectivity index (χ3n) is 3.33. The van der Waals surface area contributed by atoms with E-state index in [4.69, 9.17) is 9.47 Å². The zero-order valence-electron chi connectivity index (χ0n) is 10.5. The summed E-state index contributed by atoms with van der Waals surface area (Å²) in [5, 5.41) is 9.74. The van der Waals surface area contributed by atoms with E-state index in [0.717, 1.165) is 24.2 Å². The van der Waals surface area contributed by atoms with Gasteiger partial charge in [0, 0.05) is 19.4 Å². The summed E-state index contributed by atoms with van der Waals surface area (Å²) in [5.41, 5.74) is 0.846. The van der Waals surface area contributed by atoms with Gasteiger partial charge in [0.25, 0.3) is 0 Å². The molecule has 0 bridgehead atoms. The minimum Gasteiger partial charge on any atom is -0.496 e. The Kier molecular flexibility index (Phi) is 3.69. The molecular weight excluding hydrogens is 216 g/mol. The highest BCUT2D eigenvalue weighted by molar-refractivity contribution is 5.34. The highest BCUT2D eigenvalue weighted by Crippen LogP contribution is 2.31. The molecule has 1 heterocycles. The quantitative estimate of drug-likeness (QED) is 0.874. The molecule has 1 aromatic rings. The van der Waals surface area contributed by atoms with Gasteiger partial charge in [-0.15, -0.1) is 0 Å². The maximum absolute atomic E-state index is 9.74. The molecule has 1 N–H and O–H groups in total. The summed E-state index contributed by atoms with van der Waals surface area (Å²) in [6.45, 7) is 2.69. The molecule has 94 valence electrons. The Morgan fingerprint density at radius 3 is 2.94 bits per heavy atom. The van der Waals surface area contributed by atoms with Crippen molar-refractivity contribution < 1.29 is 14.6 Å². The number of aliphatic hydroxyl groups is 1. The van der Waals surface area contributed by atoms with E-state index in [1.54, 1.807) is 7.11 Å². The van der Waals surface area contributed by atoms with Crippen LogP contribution >= 0.6 is 0 Å². The predicted octanol–water partition coefficient (Wildman–Crippen LogP) is 2.17. The summed E-state index contributed by atoms with van der Waals surface area (Å²) in [7, 11) is 1.68. The number of hydrogen-bond acceptors (Lipinski definition) is 3. The molecule has 1 aromatic carbocycles. The number of aliphatic hydroxyl groups excluding tert-OH is 1. The van der Waals surface area contributed by atoms with Crippen molar-refractivity contribution in [1.29, 1.82) is 0 Å².